The quantitative estimate of drug-likeness (QED) is 0.791. The zero-order chi connectivity index (χ0) is 15.6. The molecule has 0 aromatic rings. The average molecular weight is 292 g/mol. The second-order valence-corrected chi connectivity index (χ2v) is 7.20. The maximum atomic E-state index is 12.3. The molecule has 2 atom stereocenters. The lowest BCUT2D eigenvalue weighted by Crippen LogP contribution is -2.33. The van der Waals surface area contributed by atoms with Crippen LogP contribution in [0, 0.1) is 17.3 Å². The van der Waals surface area contributed by atoms with Crippen LogP contribution in [0.15, 0.2) is 11.6 Å². The third kappa shape index (κ3) is 3.66. The second-order valence-electron chi connectivity index (χ2n) is 7.20. The first-order valence-corrected chi connectivity index (χ1v) is 8.04. The molecule has 0 bridgehead atoms. The number of hydrogen-bond donors (Lipinski definition) is 1. The molecule has 118 valence electrons. The molecule has 1 N–H and O–H groups in total. The maximum absolute atomic E-state index is 12.3. The van der Waals surface area contributed by atoms with Gasteiger partial charge in [0.25, 0.3) is 0 Å². The molecular weight excluding hydrogens is 264 g/mol. The van der Waals surface area contributed by atoms with E-state index < -0.39 is 0 Å². The normalized spacial score (nSPS) is 26.4. The topological polar surface area (TPSA) is 49.4 Å². The van der Waals surface area contributed by atoms with Gasteiger partial charge in [0.15, 0.2) is 0 Å². The Morgan fingerprint density at radius 1 is 1.24 bits per heavy atom. The summed E-state index contributed by atoms with van der Waals surface area (Å²) in [6, 6.07) is 0. The van der Waals surface area contributed by atoms with Crippen molar-refractivity contribution in [3.63, 3.8) is 0 Å². The molecular formula is C17H28N2O2. The fourth-order valence-corrected chi connectivity index (χ4v) is 3.38. The lowest BCUT2D eigenvalue weighted by atomic mass is 10.1. The van der Waals surface area contributed by atoms with Crippen LogP contribution in [0.1, 0.15) is 47.0 Å². The highest BCUT2D eigenvalue weighted by Crippen LogP contribution is 2.59. The zero-order valence-corrected chi connectivity index (χ0v) is 13.7. The van der Waals surface area contributed by atoms with Crippen LogP contribution >= 0.6 is 0 Å². The molecule has 1 aliphatic heterocycles. The van der Waals surface area contributed by atoms with Gasteiger partial charge in [-0.15, -0.1) is 0 Å². The van der Waals surface area contributed by atoms with Crippen LogP contribution in [0.2, 0.25) is 0 Å². The van der Waals surface area contributed by atoms with Gasteiger partial charge in [-0.25, -0.2) is 0 Å². The van der Waals surface area contributed by atoms with Gasteiger partial charge in [-0.1, -0.05) is 25.5 Å². The standard InChI is InChI=1S/C17H28N2O2/c1-12(2)11-13-15(17(13,3)4)16(21)18-8-7-14(20)19-9-5-6-10-19/h11,13,15H,5-10H2,1-4H3,(H,18,21). The molecule has 2 aliphatic rings. The van der Waals surface area contributed by atoms with Gasteiger partial charge in [0.1, 0.15) is 0 Å². The van der Waals surface area contributed by atoms with Crippen molar-refractivity contribution in [1.29, 1.82) is 0 Å². The van der Waals surface area contributed by atoms with Crippen LogP contribution in [-0.2, 0) is 9.59 Å². The molecule has 2 amide bonds. The van der Waals surface area contributed by atoms with Crippen molar-refractivity contribution in [3.8, 4) is 0 Å². The molecule has 1 aliphatic carbocycles. The van der Waals surface area contributed by atoms with Crippen molar-refractivity contribution in [2.24, 2.45) is 17.3 Å². The van der Waals surface area contributed by atoms with E-state index in [2.05, 4.69) is 39.1 Å². The van der Waals surface area contributed by atoms with Crippen LogP contribution in [0.4, 0.5) is 0 Å². The molecule has 4 nitrogen and oxygen atoms in total. The molecule has 0 aromatic carbocycles. The second kappa shape index (κ2) is 6.20. The highest BCUT2D eigenvalue weighted by atomic mass is 16.2. The van der Waals surface area contributed by atoms with Gasteiger partial charge >= 0.3 is 0 Å². The molecule has 4 heteroatoms. The molecule has 1 saturated heterocycles. The first-order valence-electron chi connectivity index (χ1n) is 8.04. The Morgan fingerprint density at radius 2 is 1.86 bits per heavy atom. The molecule has 1 saturated carbocycles. The van der Waals surface area contributed by atoms with Gasteiger partial charge in [-0.05, 0) is 38.0 Å². The summed E-state index contributed by atoms with van der Waals surface area (Å²) in [5.74, 6) is 0.645. The van der Waals surface area contributed by atoms with Gasteiger partial charge in [-0.2, -0.15) is 0 Å². The van der Waals surface area contributed by atoms with Gasteiger partial charge in [0.05, 0.1) is 5.92 Å². The van der Waals surface area contributed by atoms with Crippen molar-refractivity contribution in [1.82, 2.24) is 10.2 Å². The molecule has 2 fully saturated rings. The van der Waals surface area contributed by atoms with Gasteiger partial charge < -0.3 is 10.2 Å². The molecule has 21 heavy (non-hydrogen) atoms. The lowest BCUT2D eigenvalue weighted by molar-refractivity contribution is -0.130. The Kier molecular flexibility index (Phi) is 4.74. The monoisotopic (exact) mass is 292 g/mol. The molecule has 2 unspecified atom stereocenters. The van der Waals surface area contributed by atoms with Crippen molar-refractivity contribution in [2.75, 3.05) is 19.6 Å². The molecule has 0 aromatic heterocycles. The lowest BCUT2D eigenvalue weighted by Gasteiger charge is -2.15. The minimum Gasteiger partial charge on any atom is -0.355 e. The number of likely N-dealkylation sites (tertiary alicyclic amines) is 1. The van der Waals surface area contributed by atoms with E-state index in [0.717, 1.165) is 25.9 Å². The molecule has 0 radical (unpaired) electrons. The summed E-state index contributed by atoms with van der Waals surface area (Å²) >= 11 is 0. The van der Waals surface area contributed by atoms with E-state index in [-0.39, 0.29) is 23.1 Å². The summed E-state index contributed by atoms with van der Waals surface area (Å²) in [6.07, 6.45) is 4.84. The van der Waals surface area contributed by atoms with Gasteiger partial charge in [0, 0.05) is 26.1 Å². The maximum Gasteiger partial charge on any atom is 0.224 e. The number of carbonyl (C=O) groups excluding carboxylic acids is 2. The van der Waals surface area contributed by atoms with Gasteiger partial charge in [-0.3, -0.25) is 9.59 Å². The zero-order valence-electron chi connectivity index (χ0n) is 13.7. The average Bonchev–Trinajstić information content (AvgIpc) is 2.82. The summed E-state index contributed by atoms with van der Waals surface area (Å²) < 4.78 is 0. The minimum absolute atomic E-state index is 0.0420. The van der Waals surface area contributed by atoms with Crippen LogP contribution < -0.4 is 5.32 Å². The SMILES string of the molecule is CC(C)=CC1C(C(=O)NCCC(=O)N2CCCC2)C1(C)C. The summed E-state index contributed by atoms with van der Waals surface area (Å²) in [4.78, 5) is 26.1. The Bertz CT molecular complexity index is 444. The fourth-order valence-electron chi connectivity index (χ4n) is 3.38. The van der Waals surface area contributed by atoms with E-state index in [4.69, 9.17) is 0 Å². The largest absolute Gasteiger partial charge is 0.355 e. The van der Waals surface area contributed by atoms with E-state index in [0.29, 0.717) is 18.9 Å². The Balaban J connectivity index is 1.75. The Morgan fingerprint density at radius 3 is 2.43 bits per heavy atom. The fraction of sp³-hybridized carbons (Fsp3) is 0.765. The van der Waals surface area contributed by atoms with E-state index in [9.17, 15) is 9.59 Å². The van der Waals surface area contributed by atoms with Crippen LogP contribution in [-0.4, -0.2) is 36.3 Å². The summed E-state index contributed by atoms with van der Waals surface area (Å²) in [7, 11) is 0. The number of rotatable bonds is 5. The number of carbonyl (C=O) groups is 2. The molecule has 2 rings (SSSR count). The van der Waals surface area contributed by atoms with Crippen LogP contribution in [0.3, 0.4) is 0 Å². The smallest absolute Gasteiger partial charge is 0.224 e. The Labute approximate surface area is 128 Å². The first kappa shape index (κ1) is 16.1. The van der Waals surface area contributed by atoms with Crippen molar-refractivity contribution >= 4 is 11.8 Å². The molecule has 1 heterocycles. The van der Waals surface area contributed by atoms with Crippen LogP contribution in [0.5, 0.6) is 0 Å². The summed E-state index contributed by atoms with van der Waals surface area (Å²) in [5.41, 5.74) is 1.30. The summed E-state index contributed by atoms with van der Waals surface area (Å²) in [5, 5.41) is 2.94. The number of nitrogens with one attached hydrogen (secondary N) is 1. The van der Waals surface area contributed by atoms with Gasteiger partial charge in [0.2, 0.25) is 11.8 Å². The number of hydrogen-bond acceptors (Lipinski definition) is 2. The first-order chi connectivity index (χ1) is 9.84. The van der Waals surface area contributed by atoms with E-state index in [1.165, 1.54) is 5.57 Å². The van der Waals surface area contributed by atoms with E-state index in [1.807, 2.05) is 4.90 Å². The van der Waals surface area contributed by atoms with Crippen molar-refractivity contribution in [3.05, 3.63) is 11.6 Å². The predicted octanol–water partition coefficient (Wildman–Crippen LogP) is 2.35. The molecule has 0 spiro atoms. The van der Waals surface area contributed by atoms with Crippen molar-refractivity contribution in [2.45, 2.75) is 47.0 Å². The highest BCUT2D eigenvalue weighted by molar-refractivity contribution is 5.84. The van der Waals surface area contributed by atoms with E-state index >= 15 is 0 Å². The van der Waals surface area contributed by atoms with Crippen LogP contribution in [0.25, 0.3) is 0 Å². The predicted molar refractivity (Wildman–Crippen MR) is 83.6 cm³/mol. The third-order valence-electron chi connectivity index (χ3n) is 4.80. The highest BCUT2D eigenvalue weighted by Gasteiger charge is 2.60. The minimum atomic E-state index is 0.0420. The van der Waals surface area contributed by atoms with E-state index in [1.54, 1.807) is 0 Å². The third-order valence-corrected chi connectivity index (χ3v) is 4.80. The number of nitrogens with zero attached hydrogens (tertiary/aromatic N) is 1. The number of amides is 2. The number of allylic oxidation sites excluding steroid dienone is 2. The summed E-state index contributed by atoms with van der Waals surface area (Å²) in [6.45, 7) is 10.6. The Hall–Kier alpha value is -1.32. The van der Waals surface area contributed by atoms with Crippen molar-refractivity contribution < 1.29 is 9.59 Å².